The lowest BCUT2D eigenvalue weighted by atomic mass is 9.71. The van der Waals surface area contributed by atoms with Crippen molar-refractivity contribution in [2.24, 2.45) is 0 Å². The van der Waals surface area contributed by atoms with Gasteiger partial charge in [0.15, 0.2) is 0 Å². The summed E-state index contributed by atoms with van der Waals surface area (Å²) in [6.45, 7) is 13.5. The van der Waals surface area contributed by atoms with Gasteiger partial charge >= 0.3 is 0 Å². The van der Waals surface area contributed by atoms with E-state index in [4.69, 9.17) is 0 Å². The summed E-state index contributed by atoms with van der Waals surface area (Å²) in [6.07, 6.45) is 6.67. The number of para-hydroxylation sites is 1. The molecule has 1 rings (SSSR count). The van der Waals surface area contributed by atoms with Crippen molar-refractivity contribution < 1.29 is 5.11 Å². The lowest BCUT2D eigenvalue weighted by Gasteiger charge is -2.34. The highest BCUT2D eigenvalue weighted by atomic mass is 16.3. The third kappa shape index (κ3) is 3.62. The van der Waals surface area contributed by atoms with E-state index < -0.39 is 0 Å². The molecule has 120 valence electrons. The molecule has 0 heterocycles. The highest BCUT2D eigenvalue weighted by molar-refractivity contribution is 5.48. The van der Waals surface area contributed by atoms with Gasteiger partial charge < -0.3 is 5.11 Å². The third-order valence-electron chi connectivity index (χ3n) is 5.50. The van der Waals surface area contributed by atoms with Crippen molar-refractivity contribution in [2.45, 2.75) is 90.9 Å². The lowest BCUT2D eigenvalue weighted by Crippen LogP contribution is -2.25. The summed E-state index contributed by atoms with van der Waals surface area (Å²) in [5.41, 5.74) is 2.44. The lowest BCUT2D eigenvalue weighted by molar-refractivity contribution is 0.355. The standard InChI is InChI=1S/C20H34O/c1-7-14-19(5,9-3)16-12-11-13-17(18(16)21)20(6,10-4)15-8-2/h11-13,21H,7-10,14-15H2,1-6H3. The molecule has 1 nitrogen and oxygen atoms in total. The van der Waals surface area contributed by atoms with Crippen molar-refractivity contribution in [1.82, 2.24) is 0 Å². The molecule has 0 saturated carbocycles. The number of hydrogen-bond donors (Lipinski definition) is 1. The summed E-state index contributed by atoms with van der Waals surface area (Å²) in [5.74, 6) is 0.549. The van der Waals surface area contributed by atoms with Gasteiger partial charge in [-0.3, -0.25) is 0 Å². The summed E-state index contributed by atoms with van der Waals surface area (Å²) in [5, 5.41) is 11.0. The number of rotatable bonds is 8. The molecule has 0 aliphatic carbocycles. The monoisotopic (exact) mass is 290 g/mol. The Labute approximate surface area is 131 Å². The van der Waals surface area contributed by atoms with E-state index in [9.17, 15) is 5.11 Å². The van der Waals surface area contributed by atoms with E-state index in [0.717, 1.165) is 49.7 Å². The van der Waals surface area contributed by atoms with Crippen molar-refractivity contribution in [3.63, 3.8) is 0 Å². The van der Waals surface area contributed by atoms with Crippen LogP contribution in [0.1, 0.15) is 91.2 Å². The molecule has 0 fully saturated rings. The Kier molecular flexibility index (Phi) is 6.31. The zero-order valence-electron chi connectivity index (χ0n) is 14.9. The second-order valence-corrected chi connectivity index (χ2v) is 7.03. The van der Waals surface area contributed by atoms with E-state index in [1.165, 1.54) is 0 Å². The Bertz CT molecular complexity index is 413. The van der Waals surface area contributed by atoms with Crippen LogP contribution in [0, 0.1) is 0 Å². The van der Waals surface area contributed by atoms with Crippen LogP contribution >= 0.6 is 0 Å². The Hall–Kier alpha value is -0.980. The maximum Gasteiger partial charge on any atom is 0.123 e. The van der Waals surface area contributed by atoms with Crippen LogP contribution in [0.15, 0.2) is 18.2 Å². The van der Waals surface area contributed by atoms with E-state index in [1.807, 2.05) is 0 Å². The number of aromatic hydroxyl groups is 1. The molecule has 0 saturated heterocycles. The minimum Gasteiger partial charge on any atom is -0.507 e. The van der Waals surface area contributed by atoms with E-state index in [-0.39, 0.29) is 10.8 Å². The van der Waals surface area contributed by atoms with E-state index in [0.29, 0.717) is 5.75 Å². The van der Waals surface area contributed by atoms with Gasteiger partial charge in [-0.15, -0.1) is 0 Å². The first-order chi connectivity index (χ1) is 9.88. The van der Waals surface area contributed by atoms with Gasteiger partial charge in [-0.05, 0) is 36.5 Å². The zero-order chi connectivity index (χ0) is 16.1. The van der Waals surface area contributed by atoms with Gasteiger partial charge in [0.1, 0.15) is 5.75 Å². The second-order valence-electron chi connectivity index (χ2n) is 7.03. The second kappa shape index (κ2) is 7.33. The highest BCUT2D eigenvalue weighted by Crippen LogP contribution is 2.44. The summed E-state index contributed by atoms with van der Waals surface area (Å²) in [6, 6.07) is 6.39. The molecule has 1 aromatic rings. The van der Waals surface area contributed by atoms with Gasteiger partial charge in [0.2, 0.25) is 0 Å². The van der Waals surface area contributed by atoms with Gasteiger partial charge in [0.05, 0.1) is 0 Å². The normalized spacial score (nSPS) is 17.2. The molecule has 21 heavy (non-hydrogen) atoms. The first-order valence-electron chi connectivity index (χ1n) is 8.71. The van der Waals surface area contributed by atoms with Crippen LogP contribution in [0.2, 0.25) is 0 Å². The van der Waals surface area contributed by atoms with Crippen molar-refractivity contribution in [3.8, 4) is 5.75 Å². The predicted molar refractivity (Wildman–Crippen MR) is 93.2 cm³/mol. The van der Waals surface area contributed by atoms with Crippen molar-refractivity contribution in [2.75, 3.05) is 0 Å². The van der Waals surface area contributed by atoms with Gasteiger partial charge in [-0.25, -0.2) is 0 Å². The van der Waals surface area contributed by atoms with Crippen LogP contribution < -0.4 is 0 Å². The van der Waals surface area contributed by atoms with Crippen LogP contribution in [0.3, 0.4) is 0 Å². The molecule has 2 unspecified atom stereocenters. The molecule has 0 aliphatic rings. The number of phenols is 1. The molecule has 2 atom stereocenters. The fraction of sp³-hybridized carbons (Fsp3) is 0.700. The minimum absolute atomic E-state index is 0.0791. The topological polar surface area (TPSA) is 20.2 Å². The average molecular weight is 290 g/mol. The predicted octanol–water partition coefficient (Wildman–Crippen LogP) is 6.33. The number of benzene rings is 1. The average Bonchev–Trinajstić information content (AvgIpc) is 2.47. The van der Waals surface area contributed by atoms with Gasteiger partial charge in [-0.1, -0.05) is 72.6 Å². The minimum atomic E-state index is 0.0791. The van der Waals surface area contributed by atoms with Crippen LogP contribution in [0.4, 0.5) is 0 Å². The summed E-state index contributed by atoms with van der Waals surface area (Å²) >= 11 is 0. The summed E-state index contributed by atoms with van der Waals surface area (Å²) < 4.78 is 0. The summed E-state index contributed by atoms with van der Waals surface area (Å²) in [7, 11) is 0. The fourth-order valence-corrected chi connectivity index (χ4v) is 3.62. The van der Waals surface area contributed by atoms with Crippen LogP contribution in [-0.4, -0.2) is 5.11 Å². The zero-order valence-corrected chi connectivity index (χ0v) is 14.9. The largest absolute Gasteiger partial charge is 0.507 e. The molecule has 1 aromatic carbocycles. The van der Waals surface area contributed by atoms with Crippen LogP contribution in [0.5, 0.6) is 5.75 Å². The Morgan fingerprint density at radius 2 is 1.19 bits per heavy atom. The van der Waals surface area contributed by atoms with E-state index in [2.05, 4.69) is 59.7 Å². The maximum atomic E-state index is 11.0. The van der Waals surface area contributed by atoms with Crippen molar-refractivity contribution in [1.29, 1.82) is 0 Å². The third-order valence-corrected chi connectivity index (χ3v) is 5.50. The molecular formula is C20H34O. The molecule has 0 aliphatic heterocycles. The molecular weight excluding hydrogens is 256 g/mol. The smallest absolute Gasteiger partial charge is 0.123 e. The number of hydrogen-bond acceptors (Lipinski definition) is 1. The van der Waals surface area contributed by atoms with E-state index in [1.54, 1.807) is 0 Å². The van der Waals surface area contributed by atoms with Gasteiger partial charge in [0, 0.05) is 11.1 Å². The SMILES string of the molecule is CCCC(C)(CC)c1cccc(C(C)(CC)CCC)c1O. The molecule has 1 N–H and O–H groups in total. The molecule has 0 spiro atoms. The highest BCUT2D eigenvalue weighted by Gasteiger charge is 2.32. The first kappa shape index (κ1) is 18.1. The van der Waals surface area contributed by atoms with Crippen LogP contribution in [0.25, 0.3) is 0 Å². The fourth-order valence-electron chi connectivity index (χ4n) is 3.62. The first-order valence-corrected chi connectivity index (χ1v) is 8.71. The molecule has 0 radical (unpaired) electrons. The molecule has 0 amide bonds. The van der Waals surface area contributed by atoms with Crippen LogP contribution in [-0.2, 0) is 10.8 Å². The molecule has 0 bridgehead atoms. The molecule has 0 aromatic heterocycles. The van der Waals surface area contributed by atoms with Crippen molar-refractivity contribution in [3.05, 3.63) is 29.3 Å². The quantitative estimate of drug-likeness (QED) is 0.593. The number of phenolic OH excluding ortho intramolecular Hbond substituents is 1. The van der Waals surface area contributed by atoms with Gasteiger partial charge in [-0.2, -0.15) is 0 Å². The maximum absolute atomic E-state index is 11.0. The summed E-state index contributed by atoms with van der Waals surface area (Å²) in [4.78, 5) is 0. The Balaban J connectivity index is 3.37. The van der Waals surface area contributed by atoms with E-state index >= 15 is 0 Å². The van der Waals surface area contributed by atoms with Crippen molar-refractivity contribution >= 4 is 0 Å². The Morgan fingerprint density at radius 3 is 1.48 bits per heavy atom. The Morgan fingerprint density at radius 1 is 0.810 bits per heavy atom. The van der Waals surface area contributed by atoms with Gasteiger partial charge in [0.25, 0.3) is 0 Å². The molecule has 1 heteroatoms.